The molecule has 0 aromatic rings. The first-order chi connectivity index (χ1) is 5.45. The van der Waals surface area contributed by atoms with Crippen molar-refractivity contribution in [2.45, 2.75) is 32.6 Å². The largest absolute Gasteiger partial charge is 0.147 e. The van der Waals surface area contributed by atoms with E-state index in [0.29, 0.717) is 0 Å². The predicted octanol–water partition coefficient (Wildman–Crippen LogP) is 2.13. The topological polar surface area (TPSA) is 3.24 Å². The fourth-order valence-electron chi connectivity index (χ4n) is 2.58. The van der Waals surface area contributed by atoms with E-state index in [2.05, 4.69) is 4.90 Å². The third kappa shape index (κ3) is 3.07. The number of fused-ring (bicyclic) bond motifs is 6. The van der Waals surface area contributed by atoms with Crippen molar-refractivity contribution in [3.63, 3.8) is 0 Å². The Morgan fingerprint density at radius 3 is 1.58 bits per heavy atom. The van der Waals surface area contributed by atoms with E-state index in [0.717, 1.165) is 0 Å². The Kier molecular flexibility index (Phi) is 5.29. The van der Waals surface area contributed by atoms with Crippen LogP contribution in [0, 0.1) is 0 Å². The van der Waals surface area contributed by atoms with Crippen molar-refractivity contribution in [1.82, 2.24) is 4.90 Å². The first kappa shape index (κ1) is 11.1. The zero-order chi connectivity index (χ0) is 7.52. The van der Waals surface area contributed by atoms with Crippen molar-refractivity contribution in [2.24, 2.45) is 0 Å². The molecule has 0 atom stereocenters. The molecule has 0 N–H and O–H groups in total. The Balaban J connectivity index is 0.000000720. The van der Waals surface area contributed by atoms with Gasteiger partial charge in [-0.15, -0.1) is 12.4 Å². The van der Waals surface area contributed by atoms with Crippen LogP contribution in [0.2, 0.25) is 13.3 Å². The smallest absolute Gasteiger partial charge is 0.147 e. The molecule has 3 heteroatoms. The average molecular weight is 296 g/mol. The zero-order valence-electron chi connectivity index (χ0n) is 7.80. The van der Waals surface area contributed by atoms with E-state index in [-0.39, 0.29) is 12.4 Å². The van der Waals surface area contributed by atoms with Crippen molar-refractivity contribution < 1.29 is 0 Å². The fraction of sp³-hybridized carbons (Fsp3) is 1.00. The minimum atomic E-state index is -0.846. The van der Waals surface area contributed by atoms with Crippen LogP contribution >= 0.6 is 12.4 Å². The van der Waals surface area contributed by atoms with Gasteiger partial charge in [0.15, 0.2) is 0 Å². The van der Waals surface area contributed by atoms with Crippen LogP contribution in [-0.4, -0.2) is 44.3 Å². The molecule has 72 valence electrons. The van der Waals surface area contributed by atoms with E-state index in [1.54, 1.807) is 32.6 Å². The molecule has 3 rings (SSSR count). The summed E-state index contributed by atoms with van der Waals surface area (Å²) >= 11 is -0.846. The molecule has 3 heterocycles. The van der Waals surface area contributed by atoms with Gasteiger partial charge in [0, 0.05) is 0 Å². The van der Waals surface area contributed by atoms with Crippen LogP contribution in [0.25, 0.3) is 0 Å². The van der Waals surface area contributed by atoms with E-state index < -0.39 is 19.8 Å². The average Bonchev–Trinajstić information content (AvgIpc) is 1.80. The van der Waals surface area contributed by atoms with Gasteiger partial charge in [0.2, 0.25) is 0 Å². The van der Waals surface area contributed by atoms with Gasteiger partial charge in [0.1, 0.15) is 0 Å². The van der Waals surface area contributed by atoms with Gasteiger partial charge in [-0.1, -0.05) is 0 Å². The number of hydrogen-bond donors (Lipinski definition) is 0. The molecule has 12 heavy (non-hydrogen) atoms. The van der Waals surface area contributed by atoms with Gasteiger partial charge < -0.3 is 0 Å². The van der Waals surface area contributed by atoms with Crippen molar-refractivity contribution in [2.75, 3.05) is 19.6 Å². The van der Waals surface area contributed by atoms with Gasteiger partial charge >= 0.3 is 76.9 Å². The van der Waals surface area contributed by atoms with Gasteiger partial charge in [-0.2, -0.15) is 0 Å². The molecule has 0 amide bonds. The van der Waals surface area contributed by atoms with Gasteiger partial charge in [-0.3, -0.25) is 0 Å². The maximum atomic E-state index is 2.70. The van der Waals surface area contributed by atoms with Crippen molar-refractivity contribution in [1.29, 1.82) is 0 Å². The van der Waals surface area contributed by atoms with Crippen molar-refractivity contribution in [3.8, 4) is 0 Å². The molecular weight excluding hydrogens is 276 g/mol. The van der Waals surface area contributed by atoms with Crippen LogP contribution < -0.4 is 0 Å². The van der Waals surface area contributed by atoms with E-state index in [9.17, 15) is 0 Å². The summed E-state index contributed by atoms with van der Waals surface area (Å²) in [5.74, 6) is 0. The maximum Gasteiger partial charge on any atom is -0.147 e. The third-order valence-electron chi connectivity index (χ3n) is 3.26. The molecule has 3 saturated heterocycles. The standard InChI is InChI=1S/C9H18N.ClH.Sn.H/c1-4-7-10(8-5-2)9-6-3;;;/h1-9H2;1H;;. The molecule has 1 nitrogen and oxygen atoms in total. The summed E-state index contributed by atoms with van der Waals surface area (Å²) in [6.07, 6.45) is 4.67. The molecule has 3 aliphatic rings. The second-order valence-electron chi connectivity index (χ2n) is 4.13. The number of nitrogens with zero attached hydrogens (tertiary/aromatic N) is 1. The number of hydrogen-bond acceptors (Lipinski definition) is 1. The van der Waals surface area contributed by atoms with Gasteiger partial charge in [-0.05, 0) is 0 Å². The van der Waals surface area contributed by atoms with Crippen LogP contribution in [0.1, 0.15) is 19.3 Å². The monoisotopic (exact) mass is 297 g/mol. The van der Waals surface area contributed by atoms with Gasteiger partial charge in [0.25, 0.3) is 0 Å². The predicted molar refractivity (Wildman–Crippen MR) is 59.1 cm³/mol. The molecule has 0 aliphatic carbocycles. The summed E-state index contributed by atoms with van der Waals surface area (Å²) in [6.45, 7) is 4.31. The second-order valence-corrected chi connectivity index (χ2v) is 14.0. The molecule has 0 unspecified atom stereocenters. The number of halogens is 1. The van der Waals surface area contributed by atoms with Crippen LogP contribution in [0.15, 0.2) is 0 Å². The second kappa shape index (κ2) is 5.71. The van der Waals surface area contributed by atoms with Crippen LogP contribution in [0.5, 0.6) is 0 Å². The number of rotatable bonds is 0. The Labute approximate surface area is 89.0 Å². The zero-order valence-corrected chi connectivity index (χ0v) is 11.9. The summed E-state index contributed by atoms with van der Waals surface area (Å²) in [7, 11) is 0. The summed E-state index contributed by atoms with van der Waals surface area (Å²) in [5, 5.41) is 0. The molecule has 0 spiro atoms. The van der Waals surface area contributed by atoms with Gasteiger partial charge in [-0.25, -0.2) is 0 Å². The summed E-state index contributed by atoms with van der Waals surface area (Å²) in [4.78, 5) is 2.70. The molecular formula is C9H20ClNSn. The Bertz CT molecular complexity index is 95.9. The Hall–Kier alpha value is 1.05. The maximum absolute atomic E-state index is 2.70. The van der Waals surface area contributed by atoms with Crippen LogP contribution in [0.3, 0.4) is 0 Å². The molecule has 0 aromatic heterocycles. The minimum Gasteiger partial charge on any atom is -0.147 e. The molecule has 2 bridgehead atoms. The van der Waals surface area contributed by atoms with Crippen LogP contribution in [-0.2, 0) is 0 Å². The SMILES string of the molecule is C1CN2CC[CH2][SnH]([CH2]1)[CH2]CC2.Cl. The normalized spacial score (nSPS) is 36.0. The summed E-state index contributed by atoms with van der Waals surface area (Å²) < 4.78 is 5.16. The first-order valence-electron chi connectivity index (χ1n) is 5.17. The van der Waals surface area contributed by atoms with E-state index in [1.165, 1.54) is 19.6 Å². The first-order valence-corrected chi connectivity index (χ1v) is 12.2. The summed E-state index contributed by atoms with van der Waals surface area (Å²) in [6, 6.07) is 0. The molecule has 0 aromatic carbocycles. The van der Waals surface area contributed by atoms with Gasteiger partial charge in [0.05, 0.1) is 0 Å². The Morgan fingerprint density at radius 1 is 0.750 bits per heavy atom. The van der Waals surface area contributed by atoms with Crippen molar-refractivity contribution >= 4 is 32.2 Å². The van der Waals surface area contributed by atoms with Crippen molar-refractivity contribution in [3.05, 3.63) is 0 Å². The minimum absolute atomic E-state index is 0. The molecule has 0 saturated carbocycles. The van der Waals surface area contributed by atoms with E-state index in [4.69, 9.17) is 0 Å². The van der Waals surface area contributed by atoms with E-state index in [1.807, 2.05) is 0 Å². The molecule has 3 fully saturated rings. The summed E-state index contributed by atoms with van der Waals surface area (Å²) in [5.41, 5.74) is 0. The Morgan fingerprint density at radius 2 is 1.17 bits per heavy atom. The molecule has 0 radical (unpaired) electrons. The van der Waals surface area contributed by atoms with Crippen LogP contribution in [0.4, 0.5) is 0 Å². The molecule has 3 aliphatic heterocycles. The third-order valence-corrected chi connectivity index (χ3v) is 13.7. The quantitative estimate of drug-likeness (QED) is 0.619. The fourth-order valence-corrected chi connectivity index (χ4v) is 11.6. The van der Waals surface area contributed by atoms with E-state index >= 15 is 0 Å².